The molecule has 0 aliphatic rings. The largest absolute Gasteiger partial charge is 0.388 e. The standard InChI is InChI=1S/C19H21F2N5O/c1-19(27,11-25-13-23-12-24-25)26(18-8-5-15(20)9-17(18)21)10-14-3-6-16(22-2)7-4-14/h3-9,12-13,22,27H,10-11H2,1-2H3. The number of aliphatic hydroxyl groups is 1. The van der Waals surface area contributed by atoms with E-state index >= 15 is 0 Å². The van der Waals surface area contributed by atoms with E-state index in [1.807, 2.05) is 31.3 Å². The summed E-state index contributed by atoms with van der Waals surface area (Å²) in [7, 11) is 1.82. The highest BCUT2D eigenvalue weighted by Crippen LogP contribution is 2.29. The van der Waals surface area contributed by atoms with Crippen molar-refractivity contribution in [2.45, 2.75) is 25.7 Å². The SMILES string of the molecule is CNc1ccc(CN(c2ccc(F)cc2F)C(C)(O)Cn2cncn2)cc1. The lowest BCUT2D eigenvalue weighted by Crippen LogP contribution is -2.49. The monoisotopic (exact) mass is 373 g/mol. The third-order valence-corrected chi connectivity index (χ3v) is 4.29. The number of anilines is 2. The first-order chi connectivity index (χ1) is 12.9. The predicted molar refractivity (Wildman–Crippen MR) is 99.2 cm³/mol. The molecule has 27 heavy (non-hydrogen) atoms. The minimum Gasteiger partial charge on any atom is -0.388 e. The molecule has 2 N–H and O–H groups in total. The number of halogens is 2. The van der Waals surface area contributed by atoms with Gasteiger partial charge in [-0.25, -0.2) is 18.4 Å². The quantitative estimate of drug-likeness (QED) is 0.623. The average molecular weight is 373 g/mol. The zero-order valence-corrected chi connectivity index (χ0v) is 15.1. The molecule has 0 aliphatic heterocycles. The van der Waals surface area contributed by atoms with E-state index in [0.29, 0.717) is 0 Å². The molecule has 1 unspecified atom stereocenters. The van der Waals surface area contributed by atoms with Crippen molar-refractivity contribution in [2.24, 2.45) is 0 Å². The Balaban J connectivity index is 1.96. The highest BCUT2D eigenvalue weighted by Gasteiger charge is 2.32. The van der Waals surface area contributed by atoms with Gasteiger partial charge >= 0.3 is 0 Å². The van der Waals surface area contributed by atoms with Crippen LogP contribution in [0.4, 0.5) is 20.2 Å². The highest BCUT2D eigenvalue weighted by atomic mass is 19.1. The molecule has 1 aromatic heterocycles. The van der Waals surface area contributed by atoms with Crippen molar-refractivity contribution >= 4 is 11.4 Å². The van der Waals surface area contributed by atoms with Gasteiger partial charge in [-0.3, -0.25) is 0 Å². The third kappa shape index (κ3) is 4.40. The molecule has 1 heterocycles. The number of benzene rings is 2. The molecule has 8 heteroatoms. The van der Waals surface area contributed by atoms with E-state index in [1.54, 1.807) is 6.92 Å². The van der Waals surface area contributed by atoms with Gasteiger partial charge in [0, 0.05) is 25.3 Å². The van der Waals surface area contributed by atoms with Crippen LogP contribution < -0.4 is 10.2 Å². The Morgan fingerprint density at radius 1 is 1.19 bits per heavy atom. The van der Waals surface area contributed by atoms with Gasteiger partial charge in [-0.15, -0.1) is 0 Å². The molecule has 6 nitrogen and oxygen atoms in total. The van der Waals surface area contributed by atoms with Crippen LogP contribution in [-0.2, 0) is 13.1 Å². The van der Waals surface area contributed by atoms with Crippen molar-refractivity contribution in [3.8, 4) is 0 Å². The van der Waals surface area contributed by atoms with E-state index in [9.17, 15) is 13.9 Å². The Morgan fingerprint density at radius 3 is 2.52 bits per heavy atom. The van der Waals surface area contributed by atoms with Crippen LogP contribution >= 0.6 is 0 Å². The predicted octanol–water partition coefficient (Wildman–Crippen LogP) is 3.01. The van der Waals surface area contributed by atoms with E-state index < -0.39 is 17.4 Å². The second-order valence-corrected chi connectivity index (χ2v) is 6.44. The number of nitrogens with zero attached hydrogens (tertiary/aromatic N) is 4. The van der Waals surface area contributed by atoms with Gasteiger partial charge in [0.1, 0.15) is 24.3 Å². The molecule has 0 aliphatic carbocycles. The molecular formula is C19H21F2N5O. The average Bonchev–Trinajstić information content (AvgIpc) is 3.13. The third-order valence-electron chi connectivity index (χ3n) is 4.29. The van der Waals surface area contributed by atoms with Crippen molar-refractivity contribution in [3.63, 3.8) is 0 Å². The summed E-state index contributed by atoms with van der Waals surface area (Å²) >= 11 is 0. The van der Waals surface area contributed by atoms with Crippen molar-refractivity contribution < 1.29 is 13.9 Å². The minimum atomic E-state index is -1.51. The Kier molecular flexibility index (Phi) is 5.36. The van der Waals surface area contributed by atoms with Gasteiger partial charge in [0.2, 0.25) is 0 Å². The van der Waals surface area contributed by atoms with E-state index in [2.05, 4.69) is 15.4 Å². The van der Waals surface area contributed by atoms with E-state index in [4.69, 9.17) is 0 Å². The van der Waals surface area contributed by atoms with Gasteiger partial charge in [0.25, 0.3) is 0 Å². The molecule has 3 aromatic rings. The van der Waals surface area contributed by atoms with Gasteiger partial charge in [0.15, 0.2) is 5.72 Å². The van der Waals surface area contributed by atoms with Gasteiger partial charge < -0.3 is 15.3 Å². The summed E-state index contributed by atoms with van der Waals surface area (Å²) in [5.74, 6) is -1.42. The second-order valence-electron chi connectivity index (χ2n) is 6.44. The minimum absolute atomic E-state index is 0.0540. The first kappa shape index (κ1) is 18.8. The fourth-order valence-corrected chi connectivity index (χ4v) is 2.88. The maximum atomic E-state index is 14.5. The summed E-state index contributed by atoms with van der Waals surface area (Å²) in [5.41, 5.74) is 0.386. The lowest BCUT2D eigenvalue weighted by molar-refractivity contribution is 0.0319. The Bertz CT molecular complexity index is 882. The number of nitrogens with one attached hydrogen (secondary N) is 1. The molecule has 0 radical (unpaired) electrons. The maximum absolute atomic E-state index is 14.5. The smallest absolute Gasteiger partial charge is 0.155 e. The number of hydrogen-bond donors (Lipinski definition) is 2. The molecule has 1 atom stereocenters. The fourth-order valence-electron chi connectivity index (χ4n) is 2.88. The molecular weight excluding hydrogens is 352 g/mol. The lowest BCUT2D eigenvalue weighted by atomic mass is 10.1. The van der Waals surface area contributed by atoms with Crippen LogP contribution in [0.3, 0.4) is 0 Å². The summed E-state index contributed by atoms with van der Waals surface area (Å²) in [6, 6.07) is 10.8. The van der Waals surface area contributed by atoms with Crippen molar-refractivity contribution in [1.29, 1.82) is 0 Å². The summed E-state index contributed by atoms with van der Waals surface area (Å²) in [5, 5.41) is 18.2. The lowest BCUT2D eigenvalue weighted by Gasteiger charge is -2.39. The summed E-state index contributed by atoms with van der Waals surface area (Å²) in [4.78, 5) is 5.35. The van der Waals surface area contributed by atoms with Crippen LogP contribution in [0.2, 0.25) is 0 Å². The van der Waals surface area contributed by atoms with Crippen molar-refractivity contribution in [3.05, 3.63) is 72.3 Å². The molecule has 2 aromatic carbocycles. The molecule has 0 spiro atoms. The number of hydrogen-bond acceptors (Lipinski definition) is 5. The molecule has 0 saturated heterocycles. The molecule has 0 fully saturated rings. The fraction of sp³-hybridized carbons (Fsp3) is 0.263. The van der Waals surface area contributed by atoms with Crippen LogP contribution in [0, 0.1) is 11.6 Å². The highest BCUT2D eigenvalue weighted by molar-refractivity contribution is 5.51. The van der Waals surface area contributed by atoms with Gasteiger partial charge in [0.05, 0.1) is 12.2 Å². The van der Waals surface area contributed by atoms with Gasteiger partial charge in [-0.1, -0.05) is 12.1 Å². The van der Waals surface area contributed by atoms with E-state index in [-0.39, 0.29) is 18.8 Å². The molecule has 142 valence electrons. The Labute approximate surface area is 156 Å². The zero-order valence-electron chi connectivity index (χ0n) is 15.1. The van der Waals surface area contributed by atoms with Crippen LogP contribution in [0.25, 0.3) is 0 Å². The van der Waals surface area contributed by atoms with Gasteiger partial charge in [-0.2, -0.15) is 5.10 Å². The van der Waals surface area contributed by atoms with Crippen LogP contribution in [0.5, 0.6) is 0 Å². The number of rotatable bonds is 7. The first-order valence-electron chi connectivity index (χ1n) is 8.43. The van der Waals surface area contributed by atoms with Crippen LogP contribution in [0.15, 0.2) is 55.1 Å². The summed E-state index contributed by atoms with van der Waals surface area (Å²) < 4.78 is 29.3. The van der Waals surface area contributed by atoms with Gasteiger partial charge in [-0.05, 0) is 36.8 Å². The molecule has 3 rings (SSSR count). The Hall–Kier alpha value is -3.00. The van der Waals surface area contributed by atoms with Crippen LogP contribution in [-0.4, -0.2) is 32.6 Å². The number of aromatic nitrogens is 3. The van der Waals surface area contributed by atoms with Crippen LogP contribution in [0.1, 0.15) is 12.5 Å². The summed E-state index contributed by atoms with van der Waals surface area (Å²) in [6.07, 6.45) is 2.82. The maximum Gasteiger partial charge on any atom is 0.155 e. The molecule has 0 saturated carbocycles. The Morgan fingerprint density at radius 2 is 1.93 bits per heavy atom. The topological polar surface area (TPSA) is 66.2 Å². The first-order valence-corrected chi connectivity index (χ1v) is 8.43. The normalized spacial score (nSPS) is 13.2. The molecule has 0 bridgehead atoms. The van der Waals surface area contributed by atoms with Crippen molar-refractivity contribution in [1.82, 2.24) is 14.8 Å². The van der Waals surface area contributed by atoms with Crippen molar-refractivity contribution in [2.75, 3.05) is 17.3 Å². The molecule has 0 amide bonds. The zero-order chi connectivity index (χ0) is 19.4. The second kappa shape index (κ2) is 7.71. The summed E-state index contributed by atoms with van der Waals surface area (Å²) in [6.45, 7) is 1.83. The van der Waals surface area contributed by atoms with E-state index in [0.717, 1.165) is 17.3 Å². The van der Waals surface area contributed by atoms with E-state index in [1.165, 1.54) is 34.4 Å².